The second kappa shape index (κ2) is 6.05. The molecule has 0 radical (unpaired) electrons. The maximum absolute atomic E-state index is 7.57. The first-order valence-corrected chi connectivity index (χ1v) is 3.53. The van der Waals surface area contributed by atoms with E-state index >= 15 is 0 Å². The zero-order valence-electron chi connectivity index (χ0n) is 6.26. The van der Waals surface area contributed by atoms with E-state index in [4.69, 9.17) is 9.84 Å². The highest BCUT2D eigenvalue weighted by molar-refractivity contribution is 4.61. The van der Waals surface area contributed by atoms with E-state index < -0.39 is 0 Å². The van der Waals surface area contributed by atoms with Crippen molar-refractivity contribution in [3.63, 3.8) is 0 Å². The molecule has 0 aromatic carbocycles. The SMILES string of the molecule is CCC1COC1.CCO. The Morgan fingerprint density at radius 2 is 1.89 bits per heavy atom. The van der Waals surface area contributed by atoms with Crippen molar-refractivity contribution in [3.05, 3.63) is 0 Å². The van der Waals surface area contributed by atoms with Gasteiger partial charge in [-0.25, -0.2) is 0 Å². The third-order valence-electron chi connectivity index (χ3n) is 1.28. The summed E-state index contributed by atoms with van der Waals surface area (Å²) in [4.78, 5) is 0. The number of aliphatic hydroxyl groups excluding tert-OH is 1. The summed E-state index contributed by atoms with van der Waals surface area (Å²) in [6.45, 7) is 6.15. The highest BCUT2D eigenvalue weighted by atomic mass is 16.5. The van der Waals surface area contributed by atoms with Crippen LogP contribution in [0.1, 0.15) is 20.3 Å². The smallest absolute Gasteiger partial charge is 0.0516 e. The first-order valence-electron chi connectivity index (χ1n) is 3.53. The fraction of sp³-hybridized carbons (Fsp3) is 1.00. The maximum atomic E-state index is 7.57. The summed E-state index contributed by atoms with van der Waals surface area (Å²) in [6.07, 6.45) is 1.29. The molecule has 1 N–H and O–H groups in total. The van der Waals surface area contributed by atoms with Gasteiger partial charge >= 0.3 is 0 Å². The van der Waals surface area contributed by atoms with Crippen molar-refractivity contribution in [1.82, 2.24) is 0 Å². The van der Waals surface area contributed by atoms with Crippen LogP contribution in [-0.2, 0) is 4.74 Å². The monoisotopic (exact) mass is 132 g/mol. The van der Waals surface area contributed by atoms with E-state index in [1.54, 1.807) is 6.92 Å². The van der Waals surface area contributed by atoms with E-state index in [2.05, 4.69) is 6.92 Å². The molecule has 1 rings (SSSR count). The van der Waals surface area contributed by atoms with E-state index in [1.807, 2.05) is 0 Å². The van der Waals surface area contributed by atoms with Gasteiger partial charge in [-0.1, -0.05) is 6.92 Å². The number of hydrogen-bond donors (Lipinski definition) is 1. The summed E-state index contributed by atoms with van der Waals surface area (Å²) in [5.41, 5.74) is 0. The van der Waals surface area contributed by atoms with Gasteiger partial charge in [-0.2, -0.15) is 0 Å². The van der Waals surface area contributed by atoms with Crippen LogP contribution in [0.5, 0.6) is 0 Å². The van der Waals surface area contributed by atoms with Crippen LogP contribution in [-0.4, -0.2) is 24.9 Å². The van der Waals surface area contributed by atoms with Crippen LogP contribution < -0.4 is 0 Å². The quantitative estimate of drug-likeness (QED) is 0.577. The first kappa shape index (κ1) is 8.92. The molecular weight excluding hydrogens is 116 g/mol. The fourth-order valence-electron chi connectivity index (χ4n) is 0.520. The molecule has 56 valence electrons. The van der Waals surface area contributed by atoms with Crippen molar-refractivity contribution in [1.29, 1.82) is 0 Å². The van der Waals surface area contributed by atoms with Crippen molar-refractivity contribution in [3.8, 4) is 0 Å². The van der Waals surface area contributed by atoms with E-state index in [0.717, 1.165) is 19.1 Å². The van der Waals surface area contributed by atoms with Crippen LogP contribution in [0, 0.1) is 5.92 Å². The molecule has 1 heterocycles. The van der Waals surface area contributed by atoms with E-state index in [-0.39, 0.29) is 6.61 Å². The molecule has 0 spiro atoms. The normalized spacial score (nSPS) is 17.7. The maximum Gasteiger partial charge on any atom is 0.0516 e. The first-order chi connectivity index (χ1) is 4.35. The van der Waals surface area contributed by atoms with Gasteiger partial charge in [0.1, 0.15) is 0 Å². The molecule has 9 heavy (non-hydrogen) atoms. The topological polar surface area (TPSA) is 29.5 Å². The molecule has 0 aromatic heterocycles. The lowest BCUT2D eigenvalue weighted by molar-refractivity contribution is -0.0331. The van der Waals surface area contributed by atoms with E-state index in [0.29, 0.717) is 0 Å². The zero-order chi connectivity index (χ0) is 7.11. The fourth-order valence-corrected chi connectivity index (χ4v) is 0.520. The van der Waals surface area contributed by atoms with E-state index in [9.17, 15) is 0 Å². The average Bonchev–Trinajstić information content (AvgIpc) is 1.64. The summed E-state index contributed by atoms with van der Waals surface area (Å²) in [5.74, 6) is 0.894. The predicted octanol–water partition coefficient (Wildman–Crippen LogP) is 1.04. The van der Waals surface area contributed by atoms with Crippen molar-refractivity contribution >= 4 is 0 Å². The van der Waals surface area contributed by atoms with Crippen molar-refractivity contribution < 1.29 is 9.84 Å². The molecule has 0 amide bonds. The van der Waals surface area contributed by atoms with Gasteiger partial charge in [0.15, 0.2) is 0 Å². The van der Waals surface area contributed by atoms with Crippen molar-refractivity contribution in [2.24, 2.45) is 5.92 Å². The van der Waals surface area contributed by atoms with Crippen LogP contribution in [0.3, 0.4) is 0 Å². The lowest BCUT2D eigenvalue weighted by atomic mass is 10.1. The average molecular weight is 132 g/mol. The summed E-state index contributed by atoms with van der Waals surface area (Å²) >= 11 is 0. The molecule has 0 unspecified atom stereocenters. The molecule has 2 nitrogen and oxygen atoms in total. The largest absolute Gasteiger partial charge is 0.397 e. The third-order valence-corrected chi connectivity index (χ3v) is 1.28. The molecule has 0 bridgehead atoms. The molecule has 2 heteroatoms. The molecule has 1 aliphatic heterocycles. The molecule has 0 aromatic rings. The van der Waals surface area contributed by atoms with Gasteiger partial charge in [-0.05, 0) is 13.3 Å². The molecule has 1 fully saturated rings. The third kappa shape index (κ3) is 4.43. The van der Waals surface area contributed by atoms with Gasteiger partial charge in [-0.15, -0.1) is 0 Å². The van der Waals surface area contributed by atoms with Crippen LogP contribution in [0.15, 0.2) is 0 Å². The van der Waals surface area contributed by atoms with Gasteiger partial charge in [0.05, 0.1) is 13.2 Å². The van der Waals surface area contributed by atoms with Crippen LogP contribution in [0.4, 0.5) is 0 Å². The Hall–Kier alpha value is -0.0800. The Labute approximate surface area is 56.8 Å². The van der Waals surface area contributed by atoms with Crippen molar-refractivity contribution in [2.45, 2.75) is 20.3 Å². The van der Waals surface area contributed by atoms with Crippen LogP contribution in [0.2, 0.25) is 0 Å². The van der Waals surface area contributed by atoms with Gasteiger partial charge in [-0.3, -0.25) is 0 Å². The minimum atomic E-state index is 0.250. The Balaban J connectivity index is 0.000000187. The summed E-state index contributed by atoms with van der Waals surface area (Å²) < 4.78 is 4.93. The number of rotatable bonds is 1. The lowest BCUT2D eigenvalue weighted by Gasteiger charge is -2.23. The van der Waals surface area contributed by atoms with Crippen molar-refractivity contribution in [2.75, 3.05) is 19.8 Å². The Morgan fingerprint density at radius 1 is 1.44 bits per heavy atom. The minimum absolute atomic E-state index is 0.250. The van der Waals surface area contributed by atoms with Gasteiger partial charge < -0.3 is 9.84 Å². The van der Waals surface area contributed by atoms with Gasteiger partial charge in [0, 0.05) is 12.5 Å². The van der Waals surface area contributed by atoms with Crippen LogP contribution in [0.25, 0.3) is 0 Å². The molecule has 1 aliphatic rings. The summed E-state index contributed by atoms with van der Waals surface area (Å²) in [5, 5.41) is 7.57. The highest BCUT2D eigenvalue weighted by Gasteiger charge is 2.14. The molecule has 1 saturated heterocycles. The summed E-state index contributed by atoms with van der Waals surface area (Å²) in [6, 6.07) is 0. The van der Waals surface area contributed by atoms with Crippen LogP contribution >= 0.6 is 0 Å². The highest BCUT2D eigenvalue weighted by Crippen LogP contribution is 2.12. The minimum Gasteiger partial charge on any atom is -0.397 e. The standard InChI is InChI=1S/C5H10O.C2H6O/c1-2-5-3-6-4-5;1-2-3/h5H,2-4H2,1H3;3H,2H2,1H3. The molecule has 0 saturated carbocycles. The molecule has 0 atom stereocenters. The van der Waals surface area contributed by atoms with Gasteiger partial charge in [0.2, 0.25) is 0 Å². The second-order valence-corrected chi connectivity index (χ2v) is 2.13. The number of aliphatic hydroxyl groups is 1. The molecular formula is C7H16O2. The Morgan fingerprint density at radius 3 is 1.89 bits per heavy atom. The number of ether oxygens (including phenoxy) is 1. The Kier molecular flexibility index (Phi) is 5.99. The molecule has 0 aliphatic carbocycles. The zero-order valence-corrected chi connectivity index (χ0v) is 6.26. The summed E-state index contributed by atoms with van der Waals surface area (Å²) in [7, 11) is 0. The van der Waals surface area contributed by atoms with E-state index in [1.165, 1.54) is 6.42 Å². The predicted molar refractivity (Wildman–Crippen MR) is 37.4 cm³/mol. The van der Waals surface area contributed by atoms with Gasteiger partial charge in [0.25, 0.3) is 0 Å². The Bertz CT molecular complexity index is 48.1. The lowest BCUT2D eigenvalue weighted by Crippen LogP contribution is -2.26. The second-order valence-electron chi connectivity index (χ2n) is 2.13. The number of hydrogen-bond acceptors (Lipinski definition) is 2.